The molecule has 3 aromatic rings. The van der Waals surface area contributed by atoms with E-state index in [0.717, 1.165) is 22.0 Å². The van der Waals surface area contributed by atoms with E-state index >= 15 is 0 Å². The highest BCUT2D eigenvalue weighted by Gasteiger charge is 2.18. The number of para-hydroxylation sites is 1. The van der Waals surface area contributed by atoms with Gasteiger partial charge in [0.1, 0.15) is 12.4 Å². The largest absolute Gasteiger partial charge is 0.489 e. The van der Waals surface area contributed by atoms with Crippen LogP contribution in [0.25, 0.3) is 10.9 Å². The van der Waals surface area contributed by atoms with Crippen molar-refractivity contribution in [1.29, 1.82) is 0 Å². The van der Waals surface area contributed by atoms with Crippen LogP contribution < -0.4 is 4.74 Å². The Balaban J connectivity index is 1.67. The van der Waals surface area contributed by atoms with Crippen molar-refractivity contribution < 1.29 is 19.4 Å². The van der Waals surface area contributed by atoms with Crippen molar-refractivity contribution in [2.45, 2.75) is 26.1 Å². The number of fused-ring (bicyclic) bond motifs is 1. The highest BCUT2D eigenvalue weighted by molar-refractivity contribution is 5.78. The third-order valence-corrected chi connectivity index (χ3v) is 4.02. The van der Waals surface area contributed by atoms with E-state index in [1.807, 2.05) is 54.7 Å². The van der Waals surface area contributed by atoms with Gasteiger partial charge in [0.05, 0.1) is 5.52 Å². The molecule has 1 N–H and O–H groups in total. The predicted molar refractivity (Wildman–Crippen MR) is 99.3 cm³/mol. The zero-order valence-electron chi connectivity index (χ0n) is 14.6. The summed E-state index contributed by atoms with van der Waals surface area (Å²) in [6.07, 6.45) is 1.26. The third kappa shape index (κ3) is 4.58. The molecule has 0 radical (unpaired) electrons. The average Bonchev–Trinajstić information content (AvgIpc) is 2.66. The molecular formula is C21H21NO4. The fourth-order valence-corrected chi connectivity index (χ4v) is 2.76. The van der Waals surface area contributed by atoms with Gasteiger partial charge in [-0.15, -0.1) is 0 Å². The maximum atomic E-state index is 11.2. The minimum atomic E-state index is -0.958. The van der Waals surface area contributed by atoms with Crippen LogP contribution in [0, 0.1) is 0 Å². The first-order valence-corrected chi connectivity index (χ1v) is 8.55. The minimum absolute atomic E-state index is 0.303. The first-order chi connectivity index (χ1) is 12.7. The Morgan fingerprint density at radius 2 is 1.96 bits per heavy atom. The molecule has 1 unspecified atom stereocenters. The zero-order valence-corrected chi connectivity index (χ0v) is 14.6. The van der Waals surface area contributed by atoms with Crippen molar-refractivity contribution >= 4 is 16.9 Å². The Bertz CT molecular complexity index is 894. The normalized spacial score (nSPS) is 12.0. The number of aliphatic carboxylic acids is 1. The molecule has 0 spiro atoms. The van der Waals surface area contributed by atoms with Gasteiger partial charge in [-0.25, -0.2) is 4.79 Å². The van der Waals surface area contributed by atoms with Crippen LogP contribution in [-0.2, 0) is 22.6 Å². The number of hydrogen-bond acceptors (Lipinski definition) is 4. The fraction of sp³-hybridized carbons (Fsp3) is 0.238. The fourth-order valence-electron chi connectivity index (χ4n) is 2.76. The molecule has 0 amide bonds. The van der Waals surface area contributed by atoms with Crippen LogP contribution in [0.15, 0.2) is 60.8 Å². The highest BCUT2D eigenvalue weighted by atomic mass is 16.5. The van der Waals surface area contributed by atoms with Crippen molar-refractivity contribution in [3.8, 4) is 5.75 Å². The van der Waals surface area contributed by atoms with Gasteiger partial charge in [0, 0.05) is 30.2 Å². The number of benzene rings is 2. The van der Waals surface area contributed by atoms with Crippen LogP contribution in [0.5, 0.6) is 5.75 Å². The summed E-state index contributed by atoms with van der Waals surface area (Å²) in [5, 5.41) is 10.3. The van der Waals surface area contributed by atoms with E-state index in [2.05, 4.69) is 11.1 Å². The number of aromatic nitrogens is 1. The van der Waals surface area contributed by atoms with Crippen LogP contribution in [0.4, 0.5) is 0 Å². The van der Waals surface area contributed by atoms with Crippen molar-refractivity contribution in [1.82, 2.24) is 4.98 Å². The van der Waals surface area contributed by atoms with E-state index in [4.69, 9.17) is 9.47 Å². The number of rotatable bonds is 8. The van der Waals surface area contributed by atoms with Crippen LogP contribution >= 0.6 is 0 Å². The first kappa shape index (κ1) is 17.9. The summed E-state index contributed by atoms with van der Waals surface area (Å²) in [5.41, 5.74) is 2.79. The highest BCUT2D eigenvalue weighted by Crippen LogP contribution is 2.18. The van der Waals surface area contributed by atoms with Gasteiger partial charge >= 0.3 is 5.97 Å². The number of hydrogen-bond donors (Lipinski definition) is 1. The summed E-state index contributed by atoms with van der Waals surface area (Å²) in [7, 11) is 0. The van der Waals surface area contributed by atoms with Gasteiger partial charge in [-0.05, 0) is 36.8 Å². The maximum absolute atomic E-state index is 11.2. The van der Waals surface area contributed by atoms with E-state index in [9.17, 15) is 9.90 Å². The molecule has 26 heavy (non-hydrogen) atoms. The SMILES string of the molecule is CCOC(Cc1cccc(OCc2cnc3ccccc3c2)c1)C(=O)O. The van der Waals surface area contributed by atoms with Crippen molar-refractivity contribution in [3.63, 3.8) is 0 Å². The molecule has 1 aromatic heterocycles. The number of carboxylic acid groups (broad SMARTS) is 1. The van der Waals surface area contributed by atoms with E-state index < -0.39 is 12.1 Å². The monoisotopic (exact) mass is 351 g/mol. The lowest BCUT2D eigenvalue weighted by molar-refractivity contribution is -0.149. The van der Waals surface area contributed by atoms with Crippen molar-refractivity contribution in [3.05, 3.63) is 71.9 Å². The smallest absolute Gasteiger partial charge is 0.333 e. The van der Waals surface area contributed by atoms with Gasteiger partial charge in [-0.2, -0.15) is 0 Å². The molecule has 134 valence electrons. The second-order valence-electron chi connectivity index (χ2n) is 5.96. The number of carboxylic acids is 1. The minimum Gasteiger partial charge on any atom is -0.489 e. The van der Waals surface area contributed by atoms with Crippen molar-refractivity contribution in [2.24, 2.45) is 0 Å². The summed E-state index contributed by atoms with van der Waals surface area (Å²) < 4.78 is 11.1. The van der Waals surface area contributed by atoms with E-state index in [1.165, 1.54) is 0 Å². The Labute approximate surface area is 152 Å². The van der Waals surface area contributed by atoms with Gasteiger partial charge in [0.2, 0.25) is 0 Å². The van der Waals surface area contributed by atoms with Gasteiger partial charge in [0.15, 0.2) is 6.10 Å². The lowest BCUT2D eigenvalue weighted by Gasteiger charge is -2.13. The van der Waals surface area contributed by atoms with Crippen LogP contribution in [0.2, 0.25) is 0 Å². The maximum Gasteiger partial charge on any atom is 0.333 e. The van der Waals surface area contributed by atoms with Crippen molar-refractivity contribution in [2.75, 3.05) is 6.61 Å². The molecular weight excluding hydrogens is 330 g/mol. The van der Waals surface area contributed by atoms with Crippen LogP contribution in [0.1, 0.15) is 18.1 Å². The zero-order chi connectivity index (χ0) is 18.4. The molecule has 0 saturated carbocycles. The lowest BCUT2D eigenvalue weighted by Crippen LogP contribution is -2.26. The van der Waals surface area contributed by atoms with E-state index in [1.54, 1.807) is 6.92 Å². The number of ether oxygens (including phenoxy) is 2. The topological polar surface area (TPSA) is 68.7 Å². The quantitative estimate of drug-likeness (QED) is 0.668. The average molecular weight is 351 g/mol. The number of pyridine rings is 1. The lowest BCUT2D eigenvalue weighted by atomic mass is 10.1. The molecule has 0 aliphatic heterocycles. The standard InChI is InChI=1S/C21H21NO4/c1-2-25-20(21(23)24)12-15-6-5-8-18(11-15)26-14-16-10-17-7-3-4-9-19(17)22-13-16/h3-11,13,20H,2,12,14H2,1H3,(H,23,24). The molecule has 1 atom stereocenters. The third-order valence-electron chi connectivity index (χ3n) is 4.02. The molecule has 0 saturated heterocycles. The van der Waals surface area contributed by atoms with Gasteiger partial charge in [-0.3, -0.25) is 4.98 Å². The summed E-state index contributed by atoms with van der Waals surface area (Å²) in [5.74, 6) is -0.267. The van der Waals surface area contributed by atoms with E-state index in [-0.39, 0.29) is 0 Å². The Kier molecular flexibility index (Phi) is 5.81. The second-order valence-corrected chi connectivity index (χ2v) is 5.96. The molecule has 3 rings (SSSR count). The Hall–Kier alpha value is -2.92. The molecule has 2 aromatic carbocycles. The molecule has 0 aliphatic carbocycles. The van der Waals surface area contributed by atoms with E-state index in [0.29, 0.717) is 25.4 Å². The Morgan fingerprint density at radius 3 is 2.77 bits per heavy atom. The van der Waals surface area contributed by atoms with Gasteiger partial charge in [0.25, 0.3) is 0 Å². The summed E-state index contributed by atoms with van der Waals surface area (Å²) in [4.78, 5) is 15.7. The summed E-state index contributed by atoms with van der Waals surface area (Å²) in [6.45, 7) is 2.55. The predicted octanol–water partition coefficient (Wildman–Crippen LogP) is 3.85. The van der Waals surface area contributed by atoms with Crippen LogP contribution in [0.3, 0.4) is 0 Å². The molecule has 0 fully saturated rings. The molecule has 5 heteroatoms. The summed E-state index contributed by atoms with van der Waals surface area (Å²) >= 11 is 0. The number of nitrogens with zero attached hydrogens (tertiary/aromatic N) is 1. The second kappa shape index (κ2) is 8.45. The molecule has 0 aliphatic rings. The Morgan fingerprint density at radius 1 is 1.12 bits per heavy atom. The number of carbonyl (C=O) groups is 1. The molecule has 0 bridgehead atoms. The molecule has 5 nitrogen and oxygen atoms in total. The van der Waals surface area contributed by atoms with Gasteiger partial charge < -0.3 is 14.6 Å². The van der Waals surface area contributed by atoms with Gasteiger partial charge in [-0.1, -0.05) is 30.3 Å². The summed E-state index contributed by atoms with van der Waals surface area (Å²) in [6, 6.07) is 17.4. The first-order valence-electron chi connectivity index (χ1n) is 8.55. The molecule has 1 heterocycles. The van der Waals surface area contributed by atoms with Crippen LogP contribution in [-0.4, -0.2) is 28.8 Å².